The zero-order valence-electron chi connectivity index (χ0n) is 5.96. The molecular formula is C6H12OS2. The smallest absolute Gasteiger partial charge is 0.102 e. The van der Waals surface area contributed by atoms with Crippen LogP contribution in [0.1, 0.15) is 20.8 Å². The number of hydrogen-bond acceptors (Lipinski definition) is 3. The summed E-state index contributed by atoms with van der Waals surface area (Å²) in [6.45, 7) is 6.44. The molecular weight excluding hydrogens is 152 g/mol. The van der Waals surface area contributed by atoms with Crippen LogP contribution in [0, 0.1) is 0 Å². The van der Waals surface area contributed by atoms with Crippen LogP contribution in [0.25, 0.3) is 0 Å². The largest absolute Gasteiger partial charge is 0.354 e. The van der Waals surface area contributed by atoms with Gasteiger partial charge in [0.15, 0.2) is 0 Å². The third kappa shape index (κ3) is 2.40. The summed E-state index contributed by atoms with van der Waals surface area (Å²) in [5, 5.41) is 0. The first-order valence-electron chi connectivity index (χ1n) is 3.15. The van der Waals surface area contributed by atoms with Crippen LogP contribution in [0.2, 0.25) is 0 Å². The summed E-state index contributed by atoms with van der Waals surface area (Å²) in [5.41, 5.74) is 0.771. The Bertz CT molecular complexity index is 72.0. The van der Waals surface area contributed by atoms with E-state index in [1.165, 1.54) is 0 Å². The molecule has 3 heteroatoms. The summed E-state index contributed by atoms with van der Waals surface area (Å²) in [5.74, 6) is 0. The molecule has 1 aliphatic heterocycles. The SMILES string of the molecule is CC1OC(C)SC(C)S1. The summed E-state index contributed by atoms with van der Waals surface area (Å²) in [4.78, 5) is 0. The molecule has 54 valence electrons. The molecule has 0 spiro atoms. The van der Waals surface area contributed by atoms with E-state index in [1.54, 1.807) is 0 Å². The fraction of sp³-hybridized carbons (Fsp3) is 1.00. The van der Waals surface area contributed by atoms with Gasteiger partial charge in [-0.25, -0.2) is 0 Å². The summed E-state index contributed by atoms with van der Waals surface area (Å²) in [6.07, 6.45) is 0. The lowest BCUT2D eigenvalue weighted by Crippen LogP contribution is -2.20. The average molecular weight is 164 g/mol. The van der Waals surface area contributed by atoms with E-state index in [9.17, 15) is 0 Å². The molecule has 2 unspecified atom stereocenters. The van der Waals surface area contributed by atoms with E-state index in [-0.39, 0.29) is 0 Å². The molecule has 0 aromatic heterocycles. The molecule has 1 fully saturated rings. The van der Waals surface area contributed by atoms with Gasteiger partial charge >= 0.3 is 0 Å². The molecule has 1 heterocycles. The molecule has 0 bridgehead atoms. The van der Waals surface area contributed by atoms with Gasteiger partial charge in [0.05, 0.1) is 4.58 Å². The van der Waals surface area contributed by atoms with Crippen molar-refractivity contribution < 1.29 is 4.74 Å². The minimum absolute atomic E-state index is 0.385. The van der Waals surface area contributed by atoms with Gasteiger partial charge in [-0.15, -0.1) is 23.5 Å². The second kappa shape index (κ2) is 3.17. The first-order valence-corrected chi connectivity index (χ1v) is 5.03. The highest BCUT2D eigenvalue weighted by atomic mass is 32.2. The van der Waals surface area contributed by atoms with Gasteiger partial charge in [-0.1, -0.05) is 0 Å². The standard InChI is InChI=1S/C6H12OS2/c1-4-7-5(2)9-6(3)8-4/h4-6H,1-3H3. The van der Waals surface area contributed by atoms with Crippen molar-refractivity contribution in [1.29, 1.82) is 0 Å². The van der Waals surface area contributed by atoms with Crippen molar-refractivity contribution in [1.82, 2.24) is 0 Å². The second-order valence-electron chi connectivity index (χ2n) is 2.11. The first kappa shape index (κ1) is 7.76. The fourth-order valence-electron chi connectivity index (χ4n) is 0.906. The van der Waals surface area contributed by atoms with Gasteiger partial charge in [-0.3, -0.25) is 0 Å². The van der Waals surface area contributed by atoms with Crippen LogP contribution >= 0.6 is 23.5 Å². The van der Waals surface area contributed by atoms with Gasteiger partial charge in [0.25, 0.3) is 0 Å². The lowest BCUT2D eigenvalue weighted by atomic mass is 10.8. The van der Waals surface area contributed by atoms with Crippen molar-refractivity contribution in [3.05, 3.63) is 0 Å². The number of thioether (sulfide) groups is 2. The molecule has 0 aromatic rings. The predicted octanol–water partition coefficient (Wildman–Crippen LogP) is 2.52. The third-order valence-electron chi connectivity index (χ3n) is 1.15. The minimum Gasteiger partial charge on any atom is -0.354 e. The van der Waals surface area contributed by atoms with Crippen molar-refractivity contribution in [2.24, 2.45) is 0 Å². The lowest BCUT2D eigenvalue weighted by Gasteiger charge is -2.28. The molecule has 0 aromatic carbocycles. The number of rotatable bonds is 0. The maximum Gasteiger partial charge on any atom is 0.102 e. The van der Waals surface area contributed by atoms with E-state index in [1.807, 2.05) is 23.5 Å². The molecule has 2 atom stereocenters. The van der Waals surface area contributed by atoms with Crippen molar-refractivity contribution in [3.8, 4) is 0 Å². The third-order valence-corrected chi connectivity index (χ3v) is 3.57. The van der Waals surface area contributed by atoms with E-state index in [0.29, 0.717) is 15.5 Å². The molecule has 0 aliphatic carbocycles. The average Bonchev–Trinajstić information content (AvgIpc) is 1.59. The summed E-state index contributed by atoms with van der Waals surface area (Å²) in [6, 6.07) is 0. The predicted molar refractivity (Wildman–Crippen MR) is 44.7 cm³/mol. The van der Waals surface area contributed by atoms with Crippen LogP contribution in [-0.4, -0.2) is 15.5 Å². The maximum absolute atomic E-state index is 5.48. The van der Waals surface area contributed by atoms with Gasteiger partial charge in [0, 0.05) is 0 Å². The Kier molecular flexibility index (Phi) is 2.73. The molecule has 1 saturated heterocycles. The highest BCUT2D eigenvalue weighted by Gasteiger charge is 2.21. The Hall–Kier alpha value is 0.660. The summed E-state index contributed by atoms with van der Waals surface area (Å²) < 4.78 is 6.18. The highest BCUT2D eigenvalue weighted by Crippen LogP contribution is 2.37. The molecule has 9 heavy (non-hydrogen) atoms. The Labute approximate surface area is 64.9 Å². The Morgan fingerprint density at radius 1 is 1.00 bits per heavy atom. The van der Waals surface area contributed by atoms with Crippen molar-refractivity contribution >= 4 is 23.5 Å². The zero-order chi connectivity index (χ0) is 6.85. The fourth-order valence-corrected chi connectivity index (χ4v) is 3.71. The van der Waals surface area contributed by atoms with Crippen LogP contribution in [-0.2, 0) is 4.74 Å². The molecule has 0 radical (unpaired) electrons. The van der Waals surface area contributed by atoms with E-state index < -0.39 is 0 Å². The molecule has 0 saturated carbocycles. The van der Waals surface area contributed by atoms with Crippen LogP contribution in [0.15, 0.2) is 0 Å². The van der Waals surface area contributed by atoms with Crippen LogP contribution < -0.4 is 0 Å². The van der Waals surface area contributed by atoms with Gasteiger partial charge in [0.2, 0.25) is 0 Å². The van der Waals surface area contributed by atoms with Crippen molar-refractivity contribution in [3.63, 3.8) is 0 Å². The Morgan fingerprint density at radius 3 is 1.78 bits per heavy atom. The van der Waals surface area contributed by atoms with E-state index >= 15 is 0 Å². The Morgan fingerprint density at radius 2 is 1.44 bits per heavy atom. The summed E-state index contributed by atoms with van der Waals surface area (Å²) >= 11 is 3.77. The molecule has 1 aliphatic rings. The van der Waals surface area contributed by atoms with E-state index in [2.05, 4.69) is 20.8 Å². The minimum atomic E-state index is 0.385. The molecule has 0 amide bonds. The van der Waals surface area contributed by atoms with Gasteiger partial charge in [-0.05, 0) is 20.8 Å². The molecule has 0 N–H and O–H groups in total. The Balaban J connectivity index is 2.34. The first-order chi connectivity index (χ1) is 4.18. The van der Waals surface area contributed by atoms with Gasteiger partial charge in [0.1, 0.15) is 10.9 Å². The van der Waals surface area contributed by atoms with E-state index in [0.717, 1.165) is 0 Å². The monoisotopic (exact) mass is 164 g/mol. The van der Waals surface area contributed by atoms with Crippen LogP contribution in [0.3, 0.4) is 0 Å². The second-order valence-corrected chi connectivity index (χ2v) is 5.70. The highest BCUT2D eigenvalue weighted by molar-refractivity contribution is 8.17. The topological polar surface area (TPSA) is 9.23 Å². The van der Waals surface area contributed by atoms with Crippen molar-refractivity contribution in [2.45, 2.75) is 36.2 Å². The van der Waals surface area contributed by atoms with Gasteiger partial charge < -0.3 is 4.74 Å². The van der Waals surface area contributed by atoms with Crippen LogP contribution in [0.5, 0.6) is 0 Å². The molecule has 1 nitrogen and oxygen atoms in total. The normalized spacial score (nSPS) is 45.0. The molecule has 1 rings (SSSR count). The lowest BCUT2D eigenvalue weighted by molar-refractivity contribution is 0.111. The number of ether oxygens (including phenoxy) is 1. The maximum atomic E-state index is 5.48. The zero-order valence-corrected chi connectivity index (χ0v) is 7.59. The quantitative estimate of drug-likeness (QED) is 0.544. The number of hydrogen-bond donors (Lipinski definition) is 0. The van der Waals surface area contributed by atoms with Crippen LogP contribution in [0.4, 0.5) is 0 Å². The van der Waals surface area contributed by atoms with E-state index in [4.69, 9.17) is 4.74 Å². The van der Waals surface area contributed by atoms with Crippen molar-refractivity contribution in [2.75, 3.05) is 0 Å². The summed E-state index contributed by atoms with van der Waals surface area (Å²) in [7, 11) is 0. The van der Waals surface area contributed by atoms with Gasteiger partial charge in [-0.2, -0.15) is 0 Å².